The minimum absolute atomic E-state index is 0.00900. The lowest BCUT2D eigenvalue weighted by atomic mass is 9.81. The van der Waals surface area contributed by atoms with Gasteiger partial charge in [-0.1, -0.05) is 18.2 Å². The fourth-order valence-electron chi connectivity index (χ4n) is 5.20. The van der Waals surface area contributed by atoms with Crippen LogP contribution in [0.2, 0.25) is 0 Å². The molecule has 1 aliphatic rings. The van der Waals surface area contributed by atoms with Gasteiger partial charge in [-0.25, -0.2) is 8.78 Å². The number of anilines is 1. The number of halogens is 2. The number of carbonyl (C=O) groups excluding carboxylic acids is 1. The number of aryl methyl sites for hydroxylation is 1. The molecule has 1 N–H and O–H groups in total. The highest BCUT2D eigenvalue weighted by atomic mass is 19.3. The van der Waals surface area contributed by atoms with Crippen molar-refractivity contribution < 1.29 is 18.3 Å². The largest absolute Gasteiger partial charge is 0.373 e. The number of methoxy groups -OCH3 is 1. The Morgan fingerprint density at radius 1 is 1.28 bits per heavy atom. The highest BCUT2D eigenvalue weighted by molar-refractivity contribution is 5.89. The molecule has 0 radical (unpaired) electrons. The first kappa shape index (κ1) is 25.7. The molecule has 10 heteroatoms. The molecule has 2 aromatic heterocycles. The molecule has 3 heterocycles. The van der Waals surface area contributed by atoms with Crippen LogP contribution in [0.3, 0.4) is 0 Å². The Labute approximate surface area is 208 Å². The van der Waals surface area contributed by atoms with Crippen LogP contribution >= 0.6 is 0 Å². The van der Waals surface area contributed by atoms with E-state index in [1.165, 1.54) is 22.9 Å². The lowest BCUT2D eigenvalue weighted by molar-refractivity contribution is -0.140. The molecule has 1 amide bonds. The molecule has 3 aromatic rings. The minimum atomic E-state index is -2.56. The summed E-state index contributed by atoms with van der Waals surface area (Å²) in [4.78, 5) is 27.3. The Hall–Kier alpha value is -3.40. The average molecular weight is 500 g/mol. The predicted octanol–water partition coefficient (Wildman–Crippen LogP) is 4.31. The first-order chi connectivity index (χ1) is 17.1. The summed E-state index contributed by atoms with van der Waals surface area (Å²) in [6.07, 6.45) is -0.0868. The van der Waals surface area contributed by atoms with E-state index in [0.717, 1.165) is 0 Å². The summed E-state index contributed by atoms with van der Waals surface area (Å²) < 4.78 is 33.9. The van der Waals surface area contributed by atoms with Gasteiger partial charge in [0.05, 0.1) is 23.3 Å². The zero-order valence-electron chi connectivity index (χ0n) is 21.1. The van der Waals surface area contributed by atoms with Gasteiger partial charge in [0.15, 0.2) is 5.82 Å². The number of rotatable bonds is 6. The highest BCUT2D eigenvalue weighted by Gasteiger charge is 2.43. The molecule has 4 rings (SSSR count). The Balaban J connectivity index is 1.77. The molecule has 0 unspecified atom stereocenters. The molecule has 192 valence electrons. The second-order valence-electron chi connectivity index (χ2n) is 9.47. The van der Waals surface area contributed by atoms with E-state index in [0.29, 0.717) is 47.2 Å². The third-order valence-electron chi connectivity index (χ3n) is 7.27. The van der Waals surface area contributed by atoms with Crippen molar-refractivity contribution in [2.75, 3.05) is 19.0 Å². The molecule has 0 spiro atoms. The van der Waals surface area contributed by atoms with Crippen LogP contribution in [0.1, 0.15) is 62.8 Å². The normalized spacial score (nSPS) is 21.1. The quantitative estimate of drug-likeness (QED) is 0.544. The second-order valence-corrected chi connectivity index (χ2v) is 9.47. The number of hydrogen-bond donors (Lipinski definition) is 1. The number of alkyl halides is 2. The number of likely N-dealkylation sites (tertiary alicyclic amines) is 1. The van der Waals surface area contributed by atoms with Crippen molar-refractivity contribution >= 4 is 22.6 Å². The molecule has 1 aliphatic heterocycles. The molecular weight excluding hydrogens is 468 g/mol. The number of pyridine rings is 1. The summed E-state index contributed by atoms with van der Waals surface area (Å²) in [5, 5.41) is 12.3. The van der Waals surface area contributed by atoms with E-state index in [1.807, 2.05) is 13.8 Å². The maximum absolute atomic E-state index is 13.5. The van der Waals surface area contributed by atoms with Gasteiger partial charge in [0.1, 0.15) is 5.60 Å². The van der Waals surface area contributed by atoms with Crippen LogP contribution in [0.4, 0.5) is 14.6 Å². The number of aromatic nitrogens is 3. The maximum Gasteiger partial charge on any atom is 0.263 e. The zero-order valence-corrected chi connectivity index (χ0v) is 21.1. The summed E-state index contributed by atoms with van der Waals surface area (Å²) in [6.45, 7) is 5.82. The number of ether oxygens (including phenoxy) is 1. The number of fused-ring (bicyclic) bond motifs is 1. The molecule has 0 bridgehead atoms. The molecule has 36 heavy (non-hydrogen) atoms. The minimum Gasteiger partial charge on any atom is -0.373 e. The van der Waals surface area contributed by atoms with Gasteiger partial charge < -0.3 is 19.5 Å². The number of benzene rings is 1. The van der Waals surface area contributed by atoms with E-state index >= 15 is 0 Å². The number of nitrogens with zero attached hydrogens (tertiary/aromatic N) is 4. The summed E-state index contributed by atoms with van der Waals surface area (Å²) in [6, 6.07) is 7.56. The Morgan fingerprint density at radius 2 is 2.00 bits per heavy atom. The molecule has 1 saturated heterocycles. The van der Waals surface area contributed by atoms with Crippen LogP contribution in [0.5, 0.6) is 0 Å². The number of piperidine rings is 1. The first-order valence-electron chi connectivity index (χ1n) is 11.9. The summed E-state index contributed by atoms with van der Waals surface area (Å²) >= 11 is 0. The number of amides is 1. The molecule has 1 fully saturated rings. The van der Waals surface area contributed by atoms with Crippen molar-refractivity contribution in [2.24, 2.45) is 7.05 Å². The van der Waals surface area contributed by atoms with Crippen LogP contribution in [0.25, 0.3) is 10.9 Å². The Bertz CT molecular complexity index is 1340. The zero-order chi connectivity index (χ0) is 26.2. The topological polar surface area (TPSA) is 89.3 Å². The fraction of sp³-hybridized carbons (Fsp3) is 0.462. The van der Waals surface area contributed by atoms with E-state index in [9.17, 15) is 18.4 Å². The van der Waals surface area contributed by atoms with Gasteiger partial charge >= 0.3 is 0 Å². The van der Waals surface area contributed by atoms with E-state index in [2.05, 4.69) is 15.5 Å². The predicted molar refractivity (Wildman–Crippen MR) is 133 cm³/mol. The molecule has 8 nitrogen and oxygen atoms in total. The van der Waals surface area contributed by atoms with E-state index in [1.54, 1.807) is 44.2 Å². The van der Waals surface area contributed by atoms with Crippen molar-refractivity contribution in [3.05, 3.63) is 63.6 Å². The van der Waals surface area contributed by atoms with Gasteiger partial charge in [-0.15, -0.1) is 5.10 Å². The van der Waals surface area contributed by atoms with Crippen molar-refractivity contribution in [3.8, 4) is 0 Å². The molecule has 0 aliphatic carbocycles. The third kappa shape index (κ3) is 4.57. The van der Waals surface area contributed by atoms with Crippen molar-refractivity contribution in [1.82, 2.24) is 19.7 Å². The number of hydrogen-bond acceptors (Lipinski definition) is 6. The molecular formula is C26H31F2N5O3. The van der Waals surface area contributed by atoms with Crippen LogP contribution in [0.15, 0.2) is 41.3 Å². The lowest BCUT2D eigenvalue weighted by Gasteiger charge is -2.44. The van der Waals surface area contributed by atoms with E-state index in [4.69, 9.17) is 4.74 Å². The SMILES string of the molecule is CO[C@]1(c2cc3c(N[C@H](C)c4cccc(C(F)F)c4)nncc3n(C)c2=O)CCN(C(C)=O)[C@H](C)C1. The second kappa shape index (κ2) is 9.93. The van der Waals surface area contributed by atoms with E-state index < -0.39 is 12.0 Å². The highest BCUT2D eigenvalue weighted by Crippen LogP contribution is 2.39. The smallest absolute Gasteiger partial charge is 0.263 e. The van der Waals surface area contributed by atoms with Crippen molar-refractivity contribution in [3.63, 3.8) is 0 Å². The molecule has 0 saturated carbocycles. The standard InChI is InChI=1S/C26H31F2N5O3/c1-15-13-26(36-5,9-10-33(15)17(3)34)21-12-20-22(32(4)25(21)35)14-29-31-24(20)30-16(2)18-7-6-8-19(11-18)23(27)28/h6-8,11-12,14-16,23H,9-10,13H2,1-5H3,(H,30,31)/t15-,16-,26-/m1/s1. The third-order valence-corrected chi connectivity index (χ3v) is 7.27. The van der Waals surface area contributed by atoms with Crippen LogP contribution in [0, 0.1) is 0 Å². The monoisotopic (exact) mass is 499 g/mol. The number of nitrogens with one attached hydrogen (secondary N) is 1. The van der Waals surface area contributed by atoms with Gasteiger partial charge in [0.25, 0.3) is 12.0 Å². The summed E-state index contributed by atoms with van der Waals surface area (Å²) in [5.41, 5.74) is 0.614. The van der Waals surface area contributed by atoms with Crippen LogP contribution < -0.4 is 10.9 Å². The van der Waals surface area contributed by atoms with E-state index in [-0.39, 0.29) is 29.1 Å². The van der Waals surface area contributed by atoms with Gasteiger partial charge in [-0.3, -0.25) is 9.59 Å². The first-order valence-corrected chi connectivity index (χ1v) is 11.9. The Kier molecular flexibility index (Phi) is 7.08. The van der Waals surface area contributed by atoms with Crippen molar-refractivity contribution in [2.45, 2.75) is 57.7 Å². The van der Waals surface area contributed by atoms with Crippen molar-refractivity contribution in [1.29, 1.82) is 0 Å². The van der Waals surface area contributed by atoms with Gasteiger partial charge in [-0.2, -0.15) is 5.10 Å². The van der Waals surface area contributed by atoms with Gasteiger partial charge in [-0.05, 0) is 38.0 Å². The summed E-state index contributed by atoms with van der Waals surface area (Å²) in [5.74, 6) is 0.421. The summed E-state index contributed by atoms with van der Waals surface area (Å²) in [7, 11) is 3.26. The number of carbonyl (C=O) groups is 1. The van der Waals surface area contributed by atoms with Crippen LogP contribution in [-0.4, -0.2) is 45.3 Å². The molecule has 3 atom stereocenters. The van der Waals surface area contributed by atoms with Crippen LogP contribution in [-0.2, 0) is 22.2 Å². The Morgan fingerprint density at radius 3 is 2.64 bits per heavy atom. The molecule has 1 aromatic carbocycles. The van der Waals surface area contributed by atoms with Gasteiger partial charge in [0.2, 0.25) is 5.91 Å². The lowest BCUT2D eigenvalue weighted by Crippen LogP contribution is -2.52. The van der Waals surface area contributed by atoms with Gasteiger partial charge in [0, 0.05) is 51.0 Å². The fourth-order valence-corrected chi connectivity index (χ4v) is 5.20. The maximum atomic E-state index is 13.5. The average Bonchev–Trinajstić information content (AvgIpc) is 2.86.